The molecule has 0 saturated carbocycles. The maximum Gasteiger partial charge on any atom is 0.419 e. The van der Waals surface area contributed by atoms with E-state index in [4.69, 9.17) is 5.73 Å². The predicted molar refractivity (Wildman–Crippen MR) is 57.8 cm³/mol. The van der Waals surface area contributed by atoms with E-state index in [-0.39, 0.29) is 12.0 Å². The van der Waals surface area contributed by atoms with Gasteiger partial charge in [-0.15, -0.1) is 6.58 Å². The molecule has 1 nitrogen and oxygen atoms in total. The van der Waals surface area contributed by atoms with Gasteiger partial charge < -0.3 is 5.73 Å². The second kappa shape index (κ2) is 4.87. The Bertz CT molecular complexity index is 423. The zero-order valence-corrected chi connectivity index (χ0v) is 9.31. The van der Waals surface area contributed by atoms with Gasteiger partial charge in [-0.3, -0.25) is 0 Å². The quantitative estimate of drug-likeness (QED) is 0.638. The Kier molecular flexibility index (Phi) is 3.93. The summed E-state index contributed by atoms with van der Waals surface area (Å²) in [5.74, 6) is -1.30. The lowest BCUT2D eigenvalue weighted by Gasteiger charge is -2.16. The molecule has 0 bridgehead atoms. The molecule has 0 aliphatic rings. The van der Waals surface area contributed by atoms with Crippen molar-refractivity contribution in [2.75, 3.05) is 0 Å². The second-order valence-corrected chi connectivity index (χ2v) is 3.97. The third-order valence-corrected chi connectivity index (χ3v) is 2.30. The second-order valence-electron chi connectivity index (χ2n) is 3.97. The fraction of sp³-hybridized carbons (Fsp3) is 0.333. The molecule has 0 spiro atoms. The molecule has 0 aromatic heterocycles. The average molecular weight is 247 g/mol. The average Bonchev–Trinajstić information content (AvgIpc) is 2.14. The van der Waals surface area contributed by atoms with Crippen molar-refractivity contribution in [3.8, 4) is 0 Å². The number of hydrogen-bond acceptors (Lipinski definition) is 1. The Hall–Kier alpha value is -1.36. The molecule has 0 saturated heterocycles. The number of halogens is 4. The number of nitrogens with two attached hydrogens (primary N) is 1. The highest BCUT2D eigenvalue weighted by Gasteiger charge is 2.35. The third kappa shape index (κ3) is 3.30. The van der Waals surface area contributed by atoms with Crippen LogP contribution in [0.4, 0.5) is 17.6 Å². The molecule has 2 N–H and O–H groups in total. The molecule has 1 aromatic carbocycles. The summed E-state index contributed by atoms with van der Waals surface area (Å²) < 4.78 is 51.0. The standard InChI is InChI=1S/C12H13F4N/c1-7(2)6-10(17)8-4-3-5-9(11(8)13)12(14,15)16/h3-5,10H,1,6,17H2,2H3/t10-/m0/s1. The summed E-state index contributed by atoms with van der Waals surface area (Å²) in [4.78, 5) is 0. The lowest BCUT2D eigenvalue weighted by Crippen LogP contribution is -2.16. The summed E-state index contributed by atoms with van der Waals surface area (Å²) in [5.41, 5.74) is 4.91. The van der Waals surface area contributed by atoms with Crippen LogP contribution in [-0.4, -0.2) is 0 Å². The largest absolute Gasteiger partial charge is 0.419 e. The molecule has 17 heavy (non-hydrogen) atoms. The van der Waals surface area contributed by atoms with Crippen LogP contribution in [0.15, 0.2) is 30.4 Å². The molecule has 0 aliphatic carbocycles. The van der Waals surface area contributed by atoms with Crippen molar-refractivity contribution >= 4 is 0 Å². The molecule has 0 aliphatic heterocycles. The van der Waals surface area contributed by atoms with Crippen LogP contribution in [0, 0.1) is 5.82 Å². The van der Waals surface area contributed by atoms with Crippen molar-refractivity contribution < 1.29 is 17.6 Å². The maximum absolute atomic E-state index is 13.6. The third-order valence-electron chi connectivity index (χ3n) is 2.30. The van der Waals surface area contributed by atoms with E-state index in [1.165, 1.54) is 6.07 Å². The van der Waals surface area contributed by atoms with E-state index in [0.717, 1.165) is 6.07 Å². The van der Waals surface area contributed by atoms with Crippen LogP contribution in [0.2, 0.25) is 0 Å². The van der Waals surface area contributed by atoms with Gasteiger partial charge in [0.05, 0.1) is 5.56 Å². The number of alkyl halides is 3. The minimum Gasteiger partial charge on any atom is -0.324 e. The Morgan fingerprint density at radius 1 is 1.41 bits per heavy atom. The van der Waals surface area contributed by atoms with Crippen LogP contribution < -0.4 is 5.73 Å². The van der Waals surface area contributed by atoms with E-state index in [0.29, 0.717) is 11.6 Å². The first-order chi connectivity index (χ1) is 7.73. The Balaban J connectivity index is 3.15. The number of hydrogen-bond donors (Lipinski definition) is 1. The first-order valence-corrected chi connectivity index (χ1v) is 4.99. The first kappa shape index (κ1) is 13.7. The van der Waals surface area contributed by atoms with Gasteiger partial charge >= 0.3 is 6.18 Å². The van der Waals surface area contributed by atoms with E-state index in [2.05, 4.69) is 6.58 Å². The van der Waals surface area contributed by atoms with Crippen molar-refractivity contribution in [2.24, 2.45) is 5.73 Å². The fourth-order valence-corrected chi connectivity index (χ4v) is 1.54. The SMILES string of the molecule is C=C(C)C[C@H](N)c1cccc(C(F)(F)F)c1F. The summed E-state index contributed by atoms with van der Waals surface area (Å²) in [6, 6.07) is 2.30. The van der Waals surface area contributed by atoms with Crippen LogP contribution in [-0.2, 0) is 6.18 Å². The van der Waals surface area contributed by atoms with Crippen LogP contribution in [0.1, 0.15) is 30.5 Å². The van der Waals surface area contributed by atoms with Crippen LogP contribution in [0.3, 0.4) is 0 Å². The van der Waals surface area contributed by atoms with Gasteiger partial charge in [0, 0.05) is 11.6 Å². The Labute approximate surface area is 96.9 Å². The van der Waals surface area contributed by atoms with Crippen molar-refractivity contribution in [3.05, 3.63) is 47.3 Å². The fourth-order valence-electron chi connectivity index (χ4n) is 1.54. The molecule has 94 valence electrons. The lowest BCUT2D eigenvalue weighted by atomic mass is 9.98. The topological polar surface area (TPSA) is 26.0 Å². The number of benzene rings is 1. The van der Waals surface area contributed by atoms with E-state index in [9.17, 15) is 17.6 Å². The van der Waals surface area contributed by atoms with Gasteiger partial charge in [-0.05, 0) is 19.4 Å². The molecule has 1 rings (SSSR count). The Morgan fingerprint density at radius 2 is 2.00 bits per heavy atom. The van der Waals surface area contributed by atoms with Crippen LogP contribution in [0.25, 0.3) is 0 Å². The van der Waals surface area contributed by atoms with Gasteiger partial charge in [-0.25, -0.2) is 4.39 Å². The molecule has 0 heterocycles. The van der Waals surface area contributed by atoms with E-state index in [1.807, 2.05) is 0 Å². The molecule has 5 heteroatoms. The van der Waals surface area contributed by atoms with Gasteiger partial charge in [-0.1, -0.05) is 17.7 Å². The molecule has 1 atom stereocenters. The minimum absolute atomic E-state index is 0.136. The zero-order chi connectivity index (χ0) is 13.2. The smallest absolute Gasteiger partial charge is 0.324 e. The summed E-state index contributed by atoms with van der Waals surface area (Å²) >= 11 is 0. The van der Waals surface area contributed by atoms with Crippen LogP contribution in [0.5, 0.6) is 0 Å². The summed E-state index contributed by atoms with van der Waals surface area (Å²) in [6.45, 7) is 5.28. The molecule has 0 amide bonds. The van der Waals surface area contributed by atoms with Gasteiger partial charge in [0.2, 0.25) is 0 Å². The van der Waals surface area contributed by atoms with Gasteiger partial charge in [0.25, 0.3) is 0 Å². The maximum atomic E-state index is 13.6. The van der Waals surface area contributed by atoms with E-state index < -0.39 is 23.6 Å². The summed E-state index contributed by atoms with van der Waals surface area (Å²) in [6.07, 6.45) is -4.46. The molecule has 0 radical (unpaired) electrons. The first-order valence-electron chi connectivity index (χ1n) is 4.99. The molecular formula is C12H13F4N. The van der Waals surface area contributed by atoms with Gasteiger partial charge in [0.15, 0.2) is 0 Å². The highest BCUT2D eigenvalue weighted by atomic mass is 19.4. The van der Waals surface area contributed by atoms with Crippen molar-refractivity contribution in [1.29, 1.82) is 0 Å². The number of rotatable bonds is 3. The molecule has 1 aromatic rings. The monoisotopic (exact) mass is 247 g/mol. The normalized spacial score (nSPS) is 13.5. The van der Waals surface area contributed by atoms with Crippen molar-refractivity contribution in [2.45, 2.75) is 25.6 Å². The van der Waals surface area contributed by atoms with Crippen LogP contribution >= 0.6 is 0 Å². The predicted octanol–water partition coefficient (Wildman–Crippen LogP) is 3.81. The van der Waals surface area contributed by atoms with E-state index >= 15 is 0 Å². The van der Waals surface area contributed by atoms with Crippen molar-refractivity contribution in [1.82, 2.24) is 0 Å². The van der Waals surface area contributed by atoms with Gasteiger partial charge in [0.1, 0.15) is 5.82 Å². The molecule has 0 fully saturated rings. The molecule has 0 unspecified atom stereocenters. The highest BCUT2D eigenvalue weighted by Crippen LogP contribution is 2.34. The molecular weight excluding hydrogens is 234 g/mol. The summed E-state index contributed by atoms with van der Waals surface area (Å²) in [5, 5.41) is 0. The van der Waals surface area contributed by atoms with E-state index in [1.54, 1.807) is 6.92 Å². The Morgan fingerprint density at radius 3 is 2.47 bits per heavy atom. The minimum atomic E-state index is -4.71. The zero-order valence-electron chi connectivity index (χ0n) is 9.31. The van der Waals surface area contributed by atoms with Gasteiger partial charge in [-0.2, -0.15) is 13.2 Å². The summed E-state index contributed by atoms with van der Waals surface area (Å²) in [7, 11) is 0. The lowest BCUT2D eigenvalue weighted by molar-refractivity contribution is -0.140. The highest BCUT2D eigenvalue weighted by molar-refractivity contribution is 5.30. The van der Waals surface area contributed by atoms with Crippen molar-refractivity contribution in [3.63, 3.8) is 0 Å².